The lowest BCUT2D eigenvalue weighted by molar-refractivity contribution is -0.192. The fourth-order valence-electron chi connectivity index (χ4n) is 2.86. The third-order valence-electron chi connectivity index (χ3n) is 4.08. The van der Waals surface area contributed by atoms with Crippen molar-refractivity contribution in [2.24, 2.45) is 0 Å². The highest BCUT2D eigenvalue weighted by molar-refractivity contribution is 5.94. The van der Waals surface area contributed by atoms with E-state index in [1.165, 1.54) is 6.92 Å². The van der Waals surface area contributed by atoms with Crippen LogP contribution in [0.25, 0.3) is 0 Å². The van der Waals surface area contributed by atoms with Crippen molar-refractivity contribution in [2.75, 3.05) is 25.0 Å². The third kappa shape index (κ3) is 4.80. The number of carbonyl (C=O) groups excluding carboxylic acids is 2. The van der Waals surface area contributed by atoms with Crippen LogP contribution in [0.3, 0.4) is 0 Å². The lowest BCUT2D eigenvalue weighted by Gasteiger charge is -2.27. The van der Waals surface area contributed by atoms with Crippen molar-refractivity contribution in [3.05, 3.63) is 59.3 Å². The van der Waals surface area contributed by atoms with Gasteiger partial charge in [-0.2, -0.15) is 0 Å². The summed E-state index contributed by atoms with van der Waals surface area (Å²) in [5.74, 6) is 0.370. The first kappa shape index (κ1) is 17.9. The zero-order chi connectivity index (χ0) is 18.4. The van der Waals surface area contributed by atoms with E-state index in [4.69, 9.17) is 4.84 Å². The number of hydrogen-bond acceptors (Lipinski definition) is 6. The van der Waals surface area contributed by atoms with Crippen LogP contribution in [0.1, 0.15) is 28.4 Å². The smallest absolute Gasteiger partial charge is 0.322 e. The molecular formula is C19H22N4O3. The predicted octanol–water partition coefficient (Wildman–Crippen LogP) is 1.76. The first-order valence-electron chi connectivity index (χ1n) is 8.60. The molecule has 0 saturated carbocycles. The monoisotopic (exact) mass is 354 g/mol. The Labute approximate surface area is 152 Å². The second-order valence-electron chi connectivity index (χ2n) is 6.08. The molecule has 1 amide bonds. The van der Waals surface area contributed by atoms with Crippen LogP contribution in [0.2, 0.25) is 0 Å². The minimum absolute atomic E-state index is 0.0990. The number of nitrogens with zero attached hydrogens (tertiary/aromatic N) is 2. The van der Waals surface area contributed by atoms with E-state index in [1.54, 1.807) is 17.3 Å². The second-order valence-corrected chi connectivity index (χ2v) is 6.08. The van der Waals surface area contributed by atoms with Crippen molar-refractivity contribution in [1.82, 2.24) is 15.4 Å². The number of carbonyl (C=O) groups is 2. The minimum atomic E-state index is -0.316. The number of amides is 1. The molecule has 0 atom stereocenters. The first-order chi connectivity index (χ1) is 12.6. The van der Waals surface area contributed by atoms with Gasteiger partial charge in [-0.05, 0) is 41.8 Å². The largest absolute Gasteiger partial charge is 0.368 e. The zero-order valence-corrected chi connectivity index (χ0v) is 14.7. The zero-order valence-electron chi connectivity index (χ0n) is 14.7. The molecule has 1 aliphatic heterocycles. The molecule has 1 aromatic heterocycles. The van der Waals surface area contributed by atoms with Crippen molar-refractivity contribution < 1.29 is 14.4 Å². The fraction of sp³-hybridized carbons (Fsp3) is 0.316. The maximum atomic E-state index is 12.3. The van der Waals surface area contributed by atoms with Crippen LogP contribution in [0.15, 0.2) is 42.6 Å². The number of nitrogens with one attached hydrogen (secondary N) is 2. The molecule has 136 valence electrons. The van der Waals surface area contributed by atoms with Crippen LogP contribution in [0, 0.1) is 0 Å². The average Bonchev–Trinajstić information content (AvgIpc) is 2.65. The summed E-state index contributed by atoms with van der Waals surface area (Å²) < 4.78 is 0. The lowest BCUT2D eigenvalue weighted by Crippen LogP contribution is -2.33. The van der Waals surface area contributed by atoms with E-state index < -0.39 is 0 Å². The molecule has 7 nitrogen and oxygen atoms in total. The van der Waals surface area contributed by atoms with Gasteiger partial charge in [0.15, 0.2) is 0 Å². The van der Waals surface area contributed by atoms with Gasteiger partial charge in [-0.1, -0.05) is 12.1 Å². The maximum Gasteiger partial charge on any atom is 0.322 e. The van der Waals surface area contributed by atoms with Crippen LogP contribution in [-0.4, -0.2) is 41.6 Å². The van der Waals surface area contributed by atoms with Gasteiger partial charge in [0.2, 0.25) is 0 Å². The number of hydroxylamine groups is 2. The van der Waals surface area contributed by atoms with Crippen molar-refractivity contribution in [1.29, 1.82) is 0 Å². The number of hydrogen-bond donors (Lipinski definition) is 2. The highest BCUT2D eigenvalue weighted by Gasteiger charge is 2.19. The summed E-state index contributed by atoms with van der Waals surface area (Å²) in [7, 11) is 0. The van der Waals surface area contributed by atoms with Gasteiger partial charge >= 0.3 is 5.97 Å². The molecule has 0 saturated heterocycles. The first-order valence-corrected chi connectivity index (χ1v) is 8.60. The SMILES string of the molecule is CC(=O)ON1CCc2cc(C(=O)NCCNc3ccccn3)ccc2C1. The summed E-state index contributed by atoms with van der Waals surface area (Å²) in [6.45, 7) is 3.68. The van der Waals surface area contributed by atoms with Gasteiger partial charge in [0.05, 0.1) is 6.54 Å². The summed E-state index contributed by atoms with van der Waals surface area (Å²) in [6, 6.07) is 11.3. The Morgan fingerprint density at radius 2 is 2.08 bits per heavy atom. The molecule has 2 N–H and O–H groups in total. The van der Waals surface area contributed by atoms with Crippen LogP contribution >= 0.6 is 0 Å². The molecule has 0 fully saturated rings. The topological polar surface area (TPSA) is 83.6 Å². The number of benzene rings is 1. The second kappa shape index (κ2) is 8.44. The Morgan fingerprint density at radius 3 is 2.85 bits per heavy atom. The van der Waals surface area contributed by atoms with Gasteiger partial charge in [-0.3, -0.25) is 9.59 Å². The van der Waals surface area contributed by atoms with Gasteiger partial charge in [0.25, 0.3) is 5.91 Å². The molecule has 0 unspecified atom stereocenters. The predicted molar refractivity (Wildman–Crippen MR) is 97.4 cm³/mol. The highest BCUT2D eigenvalue weighted by Crippen LogP contribution is 2.20. The van der Waals surface area contributed by atoms with Crippen LogP contribution in [-0.2, 0) is 22.6 Å². The fourth-order valence-corrected chi connectivity index (χ4v) is 2.86. The number of anilines is 1. The molecule has 2 aromatic rings. The molecule has 3 rings (SSSR count). The summed E-state index contributed by atoms with van der Waals surface area (Å²) >= 11 is 0. The Bertz CT molecular complexity index is 780. The number of rotatable bonds is 6. The summed E-state index contributed by atoms with van der Waals surface area (Å²) in [5, 5.41) is 7.70. The highest BCUT2D eigenvalue weighted by atomic mass is 16.7. The Hall–Kier alpha value is -2.93. The van der Waals surface area contributed by atoms with Gasteiger partial charge < -0.3 is 15.5 Å². The van der Waals surface area contributed by atoms with Crippen molar-refractivity contribution in [2.45, 2.75) is 19.9 Å². The van der Waals surface area contributed by atoms with Crippen LogP contribution in [0.4, 0.5) is 5.82 Å². The van der Waals surface area contributed by atoms with Crippen molar-refractivity contribution in [3.8, 4) is 0 Å². The molecule has 7 heteroatoms. The van der Waals surface area contributed by atoms with Gasteiger partial charge in [-0.25, -0.2) is 4.98 Å². The van der Waals surface area contributed by atoms with E-state index in [2.05, 4.69) is 15.6 Å². The molecule has 0 bridgehead atoms. The molecule has 2 heterocycles. The average molecular weight is 354 g/mol. The summed E-state index contributed by atoms with van der Waals surface area (Å²) in [6.07, 6.45) is 2.46. The van der Waals surface area contributed by atoms with E-state index in [0.717, 1.165) is 23.4 Å². The number of fused-ring (bicyclic) bond motifs is 1. The summed E-state index contributed by atoms with van der Waals surface area (Å²) in [5.41, 5.74) is 2.83. The van der Waals surface area contributed by atoms with E-state index in [9.17, 15) is 9.59 Å². The van der Waals surface area contributed by atoms with E-state index in [0.29, 0.717) is 31.7 Å². The molecule has 1 aromatic carbocycles. The quantitative estimate of drug-likeness (QED) is 0.769. The molecule has 0 radical (unpaired) electrons. The number of pyridine rings is 1. The molecular weight excluding hydrogens is 332 g/mol. The lowest BCUT2D eigenvalue weighted by atomic mass is 9.98. The van der Waals surface area contributed by atoms with Crippen LogP contribution < -0.4 is 10.6 Å². The van der Waals surface area contributed by atoms with Crippen LogP contribution in [0.5, 0.6) is 0 Å². The van der Waals surface area contributed by atoms with E-state index >= 15 is 0 Å². The van der Waals surface area contributed by atoms with Gasteiger partial charge in [0, 0.05) is 38.3 Å². The maximum absolute atomic E-state index is 12.3. The molecule has 26 heavy (non-hydrogen) atoms. The Kier molecular flexibility index (Phi) is 5.80. The standard InChI is InChI=1S/C19H22N4O3/c1-14(24)26-23-11-7-15-12-16(5-6-17(15)13-23)19(25)22-10-9-21-18-4-2-3-8-20-18/h2-6,8,12H,7,9-11,13H2,1H3,(H,20,21)(H,22,25). The molecule has 0 aliphatic carbocycles. The van der Waals surface area contributed by atoms with E-state index in [-0.39, 0.29) is 11.9 Å². The normalized spacial score (nSPS) is 13.6. The van der Waals surface area contributed by atoms with E-state index in [1.807, 2.05) is 30.3 Å². The Balaban J connectivity index is 1.50. The van der Waals surface area contributed by atoms with Crippen molar-refractivity contribution >= 4 is 17.7 Å². The van der Waals surface area contributed by atoms with Crippen molar-refractivity contribution in [3.63, 3.8) is 0 Å². The van der Waals surface area contributed by atoms with Gasteiger partial charge in [-0.15, -0.1) is 5.06 Å². The third-order valence-corrected chi connectivity index (χ3v) is 4.08. The number of aromatic nitrogens is 1. The molecule has 0 spiro atoms. The Morgan fingerprint density at radius 1 is 1.19 bits per heavy atom. The van der Waals surface area contributed by atoms with Gasteiger partial charge in [0.1, 0.15) is 5.82 Å². The minimum Gasteiger partial charge on any atom is -0.368 e. The summed E-state index contributed by atoms with van der Waals surface area (Å²) in [4.78, 5) is 32.7. The molecule has 1 aliphatic rings.